The Balaban J connectivity index is 1.28. The molecule has 1 aromatic carbocycles. The molecule has 1 unspecified atom stereocenters. The summed E-state index contributed by atoms with van der Waals surface area (Å²) in [5, 5.41) is 3.26. The maximum Gasteiger partial charge on any atom is 0.229 e. The summed E-state index contributed by atoms with van der Waals surface area (Å²) >= 11 is 0. The fourth-order valence-electron chi connectivity index (χ4n) is 6.56. The number of ether oxygens (including phenoxy) is 1. The van der Waals surface area contributed by atoms with E-state index in [4.69, 9.17) is 4.74 Å². The summed E-state index contributed by atoms with van der Waals surface area (Å²) in [6, 6.07) is 7.47. The molecule has 144 valence electrons. The molecule has 5 nitrogen and oxygen atoms in total. The summed E-state index contributed by atoms with van der Waals surface area (Å²) in [5.74, 6) is 3.27. The van der Waals surface area contributed by atoms with Crippen LogP contribution in [0.2, 0.25) is 0 Å². The second-order valence-electron chi connectivity index (χ2n) is 9.28. The minimum Gasteiger partial charge on any atom is -0.497 e. The molecule has 1 saturated heterocycles. The van der Waals surface area contributed by atoms with Crippen LogP contribution < -0.4 is 15.0 Å². The van der Waals surface area contributed by atoms with Crippen molar-refractivity contribution >= 4 is 17.5 Å². The molecule has 1 atom stereocenters. The van der Waals surface area contributed by atoms with Crippen LogP contribution in [-0.2, 0) is 9.59 Å². The van der Waals surface area contributed by atoms with Crippen LogP contribution >= 0.6 is 0 Å². The first kappa shape index (κ1) is 17.1. The van der Waals surface area contributed by atoms with Crippen molar-refractivity contribution in [1.29, 1.82) is 0 Å². The third kappa shape index (κ3) is 2.91. The molecule has 2 amide bonds. The van der Waals surface area contributed by atoms with E-state index in [1.54, 1.807) is 12.0 Å². The van der Waals surface area contributed by atoms with Gasteiger partial charge in [0, 0.05) is 30.1 Å². The smallest absolute Gasteiger partial charge is 0.229 e. The van der Waals surface area contributed by atoms with Gasteiger partial charge in [0.2, 0.25) is 11.8 Å². The Hall–Kier alpha value is -2.04. The summed E-state index contributed by atoms with van der Waals surface area (Å²) in [6.07, 6.45) is 7.56. The number of rotatable bonds is 4. The van der Waals surface area contributed by atoms with Gasteiger partial charge in [-0.2, -0.15) is 0 Å². The molecule has 4 bridgehead atoms. The third-order valence-electron chi connectivity index (χ3n) is 7.35. The predicted octanol–water partition coefficient (Wildman–Crippen LogP) is 3.13. The topological polar surface area (TPSA) is 58.6 Å². The van der Waals surface area contributed by atoms with Gasteiger partial charge in [0.1, 0.15) is 5.75 Å². The van der Waals surface area contributed by atoms with Crippen molar-refractivity contribution in [2.75, 3.05) is 18.6 Å². The minimum atomic E-state index is -0.152. The Labute approximate surface area is 160 Å². The molecule has 27 heavy (non-hydrogen) atoms. The molecule has 1 aromatic rings. The molecular weight excluding hydrogens is 340 g/mol. The van der Waals surface area contributed by atoms with Crippen LogP contribution in [0.25, 0.3) is 0 Å². The Bertz CT molecular complexity index is 739. The number of benzene rings is 1. The van der Waals surface area contributed by atoms with E-state index in [1.165, 1.54) is 19.3 Å². The molecule has 1 heterocycles. The van der Waals surface area contributed by atoms with Gasteiger partial charge in [0.25, 0.3) is 0 Å². The number of nitrogens with zero attached hydrogens (tertiary/aromatic N) is 1. The molecule has 0 spiro atoms. The Morgan fingerprint density at radius 1 is 1.15 bits per heavy atom. The highest BCUT2D eigenvalue weighted by atomic mass is 16.5. The predicted molar refractivity (Wildman–Crippen MR) is 102 cm³/mol. The Morgan fingerprint density at radius 2 is 1.81 bits per heavy atom. The van der Waals surface area contributed by atoms with E-state index >= 15 is 0 Å². The van der Waals surface area contributed by atoms with Crippen LogP contribution in [0.3, 0.4) is 0 Å². The zero-order valence-electron chi connectivity index (χ0n) is 15.9. The number of methoxy groups -OCH3 is 1. The molecule has 0 radical (unpaired) electrons. The molecular formula is C22H28N2O3. The van der Waals surface area contributed by atoms with Crippen LogP contribution in [0.1, 0.15) is 44.9 Å². The zero-order valence-corrected chi connectivity index (χ0v) is 15.9. The molecule has 0 aromatic heterocycles. The maximum absolute atomic E-state index is 13.2. The second-order valence-corrected chi connectivity index (χ2v) is 9.28. The van der Waals surface area contributed by atoms with Crippen molar-refractivity contribution in [3.8, 4) is 5.75 Å². The Morgan fingerprint density at radius 3 is 2.44 bits per heavy atom. The quantitative estimate of drug-likeness (QED) is 0.888. The second kappa shape index (κ2) is 6.25. The highest BCUT2D eigenvalue weighted by Gasteiger charge is 2.55. The van der Waals surface area contributed by atoms with E-state index < -0.39 is 0 Å². The van der Waals surface area contributed by atoms with Gasteiger partial charge in [0.05, 0.1) is 13.2 Å². The molecule has 4 aliphatic carbocycles. The van der Waals surface area contributed by atoms with Gasteiger partial charge in [0.15, 0.2) is 0 Å². The normalized spacial score (nSPS) is 36.9. The van der Waals surface area contributed by atoms with Gasteiger partial charge in [-0.3, -0.25) is 9.59 Å². The monoisotopic (exact) mass is 368 g/mol. The van der Waals surface area contributed by atoms with Crippen LogP contribution in [0.15, 0.2) is 24.3 Å². The summed E-state index contributed by atoms with van der Waals surface area (Å²) in [6.45, 7) is 0.546. The van der Waals surface area contributed by atoms with E-state index in [0.717, 1.165) is 48.5 Å². The summed E-state index contributed by atoms with van der Waals surface area (Å²) in [7, 11) is 1.62. The van der Waals surface area contributed by atoms with E-state index in [1.807, 2.05) is 24.3 Å². The number of carbonyl (C=O) groups excluding carboxylic acids is 2. The fraction of sp³-hybridized carbons (Fsp3) is 0.636. The van der Waals surface area contributed by atoms with E-state index in [-0.39, 0.29) is 23.3 Å². The van der Waals surface area contributed by atoms with Gasteiger partial charge in [-0.25, -0.2) is 0 Å². The molecule has 5 fully saturated rings. The lowest BCUT2D eigenvalue weighted by Crippen LogP contribution is -2.55. The minimum absolute atomic E-state index is 0.0686. The maximum atomic E-state index is 13.2. The first-order valence-corrected chi connectivity index (χ1v) is 10.3. The lowest BCUT2D eigenvalue weighted by molar-refractivity contribution is -0.146. The number of hydrogen-bond acceptors (Lipinski definition) is 3. The van der Waals surface area contributed by atoms with Crippen molar-refractivity contribution in [3.63, 3.8) is 0 Å². The number of carbonyl (C=O) groups is 2. The van der Waals surface area contributed by atoms with E-state index in [0.29, 0.717) is 13.0 Å². The van der Waals surface area contributed by atoms with Gasteiger partial charge in [-0.05, 0) is 68.4 Å². The third-order valence-corrected chi connectivity index (χ3v) is 7.35. The van der Waals surface area contributed by atoms with Gasteiger partial charge < -0.3 is 15.0 Å². The number of nitrogens with one attached hydrogen (secondary N) is 1. The lowest BCUT2D eigenvalue weighted by Gasteiger charge is -2.55. The summed E-state index contributed by atoms with van der Waals surface area (Å²) in [4.78, 5) is 27.6. The highest BCUT2D eigenvalue weighted by molar-refractivity contribution is 5.97. The van der Waals surface area contributed by atoms with Crippen LogP contribution in [-0.4, -0.2) is 31.5 Å². The average molecular weight is 368 g/mol. The van der Waals surface area contributed by atoms with Gasteiger partial charge in [-0.15, -0.1) is 0 Å². The van der Waals surface area contributed by atoms with Crippen molar-refractivity contribution in [2.24, 2.45) is 23.2 Å². The standard InChI is InChI=1S/C22H28N2O3/c1-27-19-4-2-3-18(9-19)24-13-17(8-20(24)25)23-21(26)22-10-14-5-15(11-22)7-16(6-14)12-22/h2-4,9,14-17H,5-8,10-13H2,1H3,(H,23,26). The van der Waals surface area contributed by atoms with Crippen molar-refractivity contribution in [1.82, 2.24) is 5.32 Å². The van der Waals surface area contributed by atoms with Crippen molar-refractivity contribution in [2.45, 2.75) is 51.0 Å². The number of amides is 2. The van der Waals surface area contributed by atoms with Crippen molar-refractivity contribution in [3.05, 3.63) is 24.3 Å². The van der Waals surface area contributed by atoms with Crippen LogP contribution in [0.4, 0.5) is 5.69 Å². The number of hydrogen-bond donors (Lipinski definition) is 1. The molecule has 6 rings (SSSR count). The molecule has 1 aliphatic heterocycles. The summed E-state index contributed by atoms with van der Waals surface area (Å²) in [5.41, 5.74) is 0.687. The SMILES string of the molecule is COc1cccc(N2CC(NC(=O)C34CC5CC(CC(C5)C3)C4)CC2=O)c1. The largest absolute Gasteiger partial charge is 0.497 e. The summed E-state index contributed by atoms with van der Waals surface area (Å²) < 4.78 is 5.27. The van der Waals surface area contributed by atoms with E-state index in [9.17, 15) is 9.59 Å². The zero-order chi connectivity index (χ0) is 18.6. The first-order valence-electron chi connectivity index (χ1n) is 10.3. The van der Waals surface area contributed by atoms with Crippen LogP contribution in [0.5, 0.6) is 5.75 Å². The fourth-order valence-corrected chi connectivity index (χ4v) is 6.56. The molecule has 5 heteroatoms. The van der Waals surface area contributed by atoms with Gasteiger partial charge >= 0.3 is 0 Å². The first-order chi connectivity index (χ1) is 13.0. The van der Waals surface area contributed by atoms with Crippen molar-refractivity contribution < 1.29 is 14.3 Å². The highest BCUT2D eigenvalue weighted by Crippen LogP contribution is 2.60. The number of anilines is 1. The molecule has 1 N–H and O–H groups in total. The van der Waals surface area contributed by atoms with Gasteiger partial charge in [-0.1, -0.05) is 6.07 Å². The average Bonchev–Trinajstić information content (AvgIpc) is 3.01. The molecule has 5 aliphatic rings. The van der Waals surface area contributed by atoms with E-state index in [2.05, 4.69) is 5.32 Å². The van der Waals surface area contributed by atoms with Crippen LogP contribution in [0, 0.1) is 23.2 Å². The molecule has 4 saturated carbocycles. The Kier molecular flexibility index (Phi) is 3.95. The lowest BCUT2D eigenvalue weighted by atomic mass is 9.49.